The first kappa shape index (κ1) is 21.4. The molecule has 0 aromatic heterocycles. The molecule has 1 aliphatic heterocycles. The van der Waals surface area contributed by atoms with Gasteiger partial charge in [-0.2, -0.15) is 0 Å². The van der Waals surface area contributed by atoms with Gasteiger partial charge < -0.3 is 15.1 Å². The van der Waals surface area contributed by atoms with E-state index in [9.17, 15) is 13.2 Å². The highest BCUT2D eigenvalue weighted by molar-refractivity contribution is 14.0. The molecule has 22 heavy (non-hydrogen) atoms. The number of nitrogens with one attached hydrogen (secondary N) is 2. The van der Waals surface area contributed by atoms with Gasteiger partial charge in [-0.25, -0.2) is 13.1 Å². The topological polar surface area (TPSA) is 94.1 Å². The van der Waals surface area contributed by atoms with Crippen LogP contribution in [0.4, 0.5) is 0 Å². The number of aliphatic imine (C=N–C) groups is 1. The van der Waals surface area contributed by atoms with Crippen LogP contribution in [0.5, 0.6) is 0 Å². The number of carbonyl (C=O) groups excluding carboxylic acids is 1. The standard InChI is InChI=1S/C12H25N5O3S.HI/c1-5-15-21(19,20)10-6-7-17(9-10)12(13-2)14-8-11(18)16(3)4;/h10,15H,5-9H2,1-4H3,(H,13,14);1H. The first-order chi connectivity index (χ1) is 9.81. The molecule has 1 unspecified atom stereocenters. The van der Waals surface area contributed by atoms with E-state index in [1.165, 1.54) is 4.90 Å². The summed E-state index contributed by atoms with van der Waals surface area (Å²) >= 11 is 0. The Hall–Kier alpha value is -0.620. The van der Waals surface area contributed by atoms with E-state index in [1.807, 2.05) is 4.90 Å². The van der Waals surface area contributed by atoms with Gasteiger partial charge in [-0.05, 0) is 6.42 Å². The first-order valence-electron chi connectivity index (χ1n) is 6.96. The summed E-state index contributed by atoms with van der Waals surface area (Å²) in [6, 6.07) is 0. The maximum Gasteiger partial charge on any atom is 0.241 e. The Bertz CT molecular complexity index is 495. The molecule has 0 aliphatic carbocycles. The number of carbonyl (C=O) groups is 1. The molecule has 130 valence electrons. The van der Waals surface area contributed by atoms with Gasteiger partial charge in [-0.15, -0.1) is 24.0 Å². The highest BCUT2D eigenvalue weighted by atomic mass is 127. The van der Waals surface area contributed by atoms with Crippen LogP contribution in [0, 0.1) is 0 Å². The van der Waals surface area contributed by atoms with Crippen LogP contribution in [-0.2, 0) is 14.8 Å². The number of guanidine groups is 1. The van der Waals surface area contributed by atoms with Gasteiger partial charge in [0.05, 0.1) is 11.8 Å². The summed E-state index contributed by atoms with van der Waals surface area (Å²) in [6.45, 7) is 3.28. The lowest BCUT2D eigenvalue weighted by Crippen LogP contribution is -2.45. The van der Waals surface area contributed by atoms with Crippen LogP contribution in [0.3, 0.4) is 0 Å². The summed E-state index contributed by atoms with van der Waals surface area (Å²) in [6.07, 6.45) is 0.553. The number of rotatable bonds is 5. The number of hydrogen-bond donors (Lipinski definition) is 2. The maximum absolute atomic E-state index is 12.0. The smallest absolute Gasteiger partial charge is 0.241 e. The van der Waals surface area contributed by atoms with Gasteiger partial charge in [0.2, 0.25) is 15.9 Å². The van der Waals surface area contributed by atoms with Crippen molar-refractivity contribution >= 4 is 45.9 Å². The van der Waals surface area contributed by atoms with Crippen LogP contribution in [0.2, 0.25) is 0 Å². The summed E-state index contributed by atoms with van der Waals surface area (Å²) in [7, 11) is 1.70. The van der Waals surface area contributed by atoms with E-state index < -0.39 is 15.3 Å². The van der Waals surface area contributed by atoms with Crippen LogP contribution in [0.15, 0.2) is 4.99 Å². The molecule has 1 atom stereocenters. The van der Waals surface area contributed by atoms with Crippen molar-refractivity contribution in [3.8, 4) is 0 Å². The fourth-order valence-electron chi connectivity index (χ4n) is 2.14. The van der Waals surface area contributed by atoms with Crippen LogP contribution >= 0.6 is 24.0 Å². The van der Waals surface area contributed by atoms with E-state index in [0.717, 1.165) is 0 Å². The van der Waals surface area contributed by atoms with Gasteiger partial charge in [0, 0.05) is 40.8 Å². The van der Waals surface area contributed by atoms with Gasteiger partial charge in [-0.1, -0.05) is 6.92 Å². The fraction of sp³-hybridized carbons (Fsp3) is 0.833. The highest BCUT2D eigenvalue weighted by Crippen LogP contribution is 2.16. The van der Waals surface area contributed by atoms with Crippen molar-refractivity contribution in [3.05, 3.63) is 0 Å². The lowest BCUT2D eigenvalue weighted by atomic mass is 10.4. The van der Waals surface area contributed by atoms with E-state index in [2.05, 4.69) is 15.0 Å². The number of hydrogen-bond acceptors (Lipinski definition) is 4. The zero-order chi connectivity index (χ0) is 16.0. The van der Waals surface area contributed by atoms with Crippen molar-refractivity contribution in [2.24, 2.45) is 4.99 Å². The zero-order valence-electron chi connectivity index (χ0n) is 13.5. The van der Waals surface area contributed by atoms with E-state index >= 15 is 0 Å². The Labute approximate surface area is 149 Å². The van der Waals surface area contributed by atoms with Gasteiger partial charge >= 0.3 is 0 Å². The van der Waals surface area contributed by atoms with E-state index in [4.69, 9.17) is 0 Å². The summed E-state index contributed by atoms with van der Waals surface area (Å²) in [4.78, 5) is 19.0. The molecule has 0 aromatic carbocycles. The molecule has 0 saturated carbocycles. The van der Waals surface area contributed by atoms with Crippen molar-refractivity contribution in [2.45, 2.75) is 18.6 Å². The predicted molar refractivity (Wildman–Crippen MR) is 98.0 cm³/mol. The summed E-state index contributed by atoms with van der Waals surface area (Å²) < 4.78 is 26.5. The second kappa shape index (κ2) is 9.50. The van der Waals surface area contributed by atoms with E-state index in [1.54, 1.807) is 28.1 Å². The average Bonchev–Trinajstić information content (AvgIpc) is 2.89. The SMILES string of the molecule is CCNS(=O)(=O)C1CCN(C(=NC)NCC(=O)N(C)C)C1.I. The van der Waals surface area contributed by atoms with Gasteiger partial charge in [0.15, 0.2) is 5.96 Å². The largest absolute Gasteiger partial charge is 0.347 e. The highest BCUT2D eigenvalue weighted by Gasteiger charge is 2.33. The molecule has 0 spiro atoms. The minimum atomic E-state index is -3.28. The zero-order valence-corrected chi connectivity index (χ0v) is 16.6. The molecule has 0 radical (unpaired) electrons. The number of likely N-dealkylation sites (tertiary alicyclic amines) is 1. The minimum Gasteiger partial charge on any atom is -0.347 e. The number of amides is 1. The Morgan fingerprint density at radius 1 is 1.41 bits per heavy atom. The number of halogens is 1. The molecule has 1 amide bonds. The van der Waals surface area contributed by atoms with E-state index in [-0.39, 0.29) is 36.4 Å². The molecule has 2 N–H and O–H groups in total. The average molecular weight is 447 g/mol. The number of nitrogens with zero attached hydrogens (tertiary/aromatic N) is 3. The lowest BCUT2D eigenvalue weighted by Gasteiger charge is -2.22. The minimum absolute atomic E-state index is 0. The fourth-order valence-corrected chi connectivity index (χ4v) is 3.57. The molecule has 0 bridgehead atoms. The first-order valence-corrected chi connectivity index (χ1v) is 8.50. The van der Waals surface area contributed by atoms with Crippen molar-refractivity contribution in [3.63, 3.8) is 0 Å². The van der Waals surface area contributed by atoms with Crippen molar-refractivity contribution in [1.29, 1.82) is 0 Å². The van der Waals surface area contributed by atoms with Gasteiger partial charge in [0.25, 0.3) is 0 Å². The molecule has 0 aromatic rings. The Morgan fingerprint density at radius 2 is 2.05 bits per heavy atom. The normalized spacial score (nSPS) is 18.8. The molecule has 1 heterocycles. The third-order valence-electron chi connectivity index (χ3n) is 3.34. The van der Waals surface area contributed by atoms with Gasteiger partial charge in [0.1, 0.15) is 0 Å². The number of likely N-dealkylation sites (N-methyl/N-ethyl adjacent to an activating group) is 1. The molecule has 1 rings (SSSR count). The number of sulfonamides is 1. The van der Waals surface area contributed by atoms with Crippen molar-refractivity contribution < 1.29 is 13.2 Å². The third-order valence-corrected chi connectivity index (χ3v) is 5.29. The van der Waals surface area contributed by atoms with Crippen molar-refractivity contribution in [1.82, 2.24) is 19.8 Å². The van der Waals surface area contributed by atoms with Crippen LogP contribution in [-0.4, -0.2) is 82.7 Å². The third kappa shape index (κ3) is 5.88. The van der Waals surface area contributed by atoms with Crippen LogP contribution < -0.4 is 10.0 Å². The quantitative estimate of drug-likeness (QED) is 0.330. The van der Waals surface area contributed by atoms with Crippen LogP contribution in [0.25, 0.3) is 0 Å². The Kier molecular flexibility index (Phi) is 9.24. The van der Waals surface area contributed by atoms with Crippen molar-refractivity contribution in [2.75, 3.05) is 47.3 Å². The molecule has 1 fully saturated rings. The second-order valence-electron chi connectivity index (χ2n) is 5.09. The molecular formula is C12H26IN5O3S. The predicted octanol–water partition coefficient (Wildman–Crippen LogP) is -0.718. The Balaban J connectivity index is 0.00000441. The Morgan fingerprint density at radius 3 is 2.55 bits per heavy atom. The second-order valence-corrected chi connectivity index (χ2v) is 7.13. The summed E-state index contributed by atoms with van der Waals surface area (Å²) in [5.74, 6) is 0.492. The molecular weight excluding hydrogens is 421 g/mol. The van der Waals surface area contributed by atoms with Crippen LogP contribution in [0.1, 0.15) is 13.3 Å². The van der Waals surface area contributed by atoms with Gasteiger partial charge in [-0.3, -0.25) is 9.79 Å². The molecule has 8 nitrogen and oxygen atoms in total. The lowest BCUT2D eigenvalue weighted by molar-refractivity contribution is -0.127. The molecule has 1 saturated heterocycles. The van der Waals surface area contributed by atoms with E-state index in [0.29, 0.717) is 32.0 Å². The summed E-state index contributed by atoms with van der Waals surface area (Å²) in [5.41, 5.74) is 0. The monoisotopic (exact) mass is 447 g/mol. The molecule has 10 heteroatoms. The summed E-state index contributed by atoms with van der Waals surface area (Å²) in [5, 5.41) is 2.52. The maximum atomic E-state index is 12.0. The molecule has 1 aliphatic rings.